The molecule has 6 heteroatoms. The van der Waals surface area contributed by atoms with Gasteiger partial charge in [-0.1, -0.05) is 5.92 Å². The van der Waals surface area contributed by atoms with Crippen molar-refractivity contribution in [3.05, 3.63) is 16.1 Å². The number of halogens is 1. The molecule has 0 unspecified atom stereocenters. The summed E-state index contributed by atoms with van der Waals surface area (Å²) in [7, 11) is 0. The van der Waals surface area contributed by atoms with Gasteiger partial charge in [0, 0.05) is 11.4 Å². The second-order valence-corrected chi connectivity index (χ2v) is 4.05. The maximum absolute atomic E-state index is 5.18. The fourth-order valence-electron chi connectivity index (χ4n) is 1.11. The van der Waals surface area contributed by atoms with Crippen LogP contribution >= 0.6 is 35.3 Å². The molecule has 17 heavy (non-hydrogen) atoms. The van der Waals surface area contributed by atoms with Gasteiger partial charge in [-0.2, -0.15) is 0 Å². The summed E-state index contributed by atoms with van der Waals surface area (Å²) >= 11 is 1.62. The van der Waals surface area contributed by atoms with E-state index in [4.69, 9.17) is 6.42 Å². The second kappa shape index (κ2) is 9.24. The minimum Gasteiger partial charge on any atom is -0.357 e. The van der Waals surface area contributed by atoms with Gasteiger partial charge in [-0.25, -0.2) is 9.98 Å². The molecular weight excluding hydrogens is 347 g/mol. The first-order valence-corrected chi connectivity index (χ1v) is 6.00. The summed E-state index contributed by atoms with van der Waals surface area (Å²) in [6.07, 6.45) is 5.18. The lowest BCUT2D eigenvalue weighted by molar-refractivity contribution is 0.866. The quantitative estimate of drug-likeness (QED) is 0.371. The largest absolute Gasteiger partial charge is 0.357 e. The predicted molar refractivity (Wildman–Crippen MR) is 83.9 cm³/mol. The van der Waals surface area contributed by atoms with E-state index in [9.17, 15) is 0 Å². The summed E-state index contributed by atoms with van der Waals surface area (Å²) < 4.78 is 0. The summed E-state index contributed by atoms with van der Waals surface area (Å²) in [6, 6.07) is 0. The van der Waals surface area contributed by atoms with Crippen LogP contribution < -0.4 is 10.6 Å². The summed E-state index contributed by atoms with van der Waals surface area (Å²) in [4.78, 5) is 9.78. The van der Waals surface area contributed by atoms with Gasteiger partial charge in [0.25, 0.3) is 0 Å². The van der Waals surface area contributed by atoms with Crippen LogP contribution in [0, 0.1) is 19.3 Å². The first-order valence-electron chi connectivity index (χ1n) is 5.12. The van der Waals surface area contributed by atoms with Crippen LogP contribution in [0.1, 0.15) is 17.5 Å². The Bertz CT molecular complexity index is 394. The molecule has 0 aliphatic heterocycles. The van der Waals surface area contributed by atoms with E-state index < -0.39 is 0 Å². The van der Waals surface area contributed by atoms with Gasteiger partial charge in [0.1, 0.15) is 0 Å². The monoisotopic (exact) mass is 364 g/mol. The standard InChI is InChI=1S/C11H16N4S.HI/c1-4-6-13-11(12-5-2)14-7-10-9(3)15-8-16-10;/h1,8H,5-7H2,2-3H3,(H2,12,13,14);1H. The van der Waals surface area contributed by atoms with Crippen LogP contribution in [0.15, 0.2) is 10.5 Å². The number of guanidine groups is 1. The first kappa shape index (κ1) is 16.2. The molecule has 1 rings (SSSR count). The third kappa shape index (κ3) is 5.89. The third-order valence-electron chi connectivity index (χ3n) is 1.93. The molecule has 2 N–H and O–H groups in total. The molecule has 0 fully saturated rings. The topological polar surface area (TPSA) is 49.3 Å². The summed E-state index contributed by atoms with van der Waals surface area (Å²) in [5, 5.41) is 6.17. The molecule has 0 radical (unpaired) electrons. The van der Waals surface area contributed by atoms with Crippen LogP contribution in [0.3, 0.4) is 0 Å². The van der Waals surface area contributed by atoms with Crippen molar-refractivity contribution in [2.75, 3.05) is 13.1 Å². The van der Waals surface area contributed by atoms with E-state index in [0.29, 0.717) is 13.1 Å². The third-order valence-corrected chi connectivity index (χ3v) is 2.85. The molecule has 0 aliphatic rings. The van der Waals surface area contributed by atoms with Crippen molar-refractivity contribution in [2.24, 2.45) is 4.99 Å². The van der Waals surface area contributed by atoms with Gasteiger partial charge in [0.05, 0.1) is 24.3 Å². The maximum Gasteiger partial charge on any atom is 0.192 e. The number of aromatic nitrogens is 1. The van der Waals surface area contributed by atoms with E-state index in [1.807, 2.05) is 19.4 Å². The number of rotatable bonds is 4. The zero-order valence-corrected chi connectivity index (χ0v) is 13.1. The number of hydrogen-bond acceptors (Lipinski definition) is 3. The Kier molecular flexibility index (Phi) is 8.80. The van der Waals surface area contributed by atoms with Gasteiger partial charge in [0.2, 0.25) is 0 Å². The molecule has 1 heterocycles. The fourth-order valence-corrected chi connectivity index (χ4v) is 1.81. The average molecular weight is 364 g/mol. The zero-order valence-electron chi connectivity index (χ0n) is 9.99. The Balaban J connectivity index is 0.00000256. The average Bonchev–Trinajstić information content (AvgIpc) is 2.68. The van der Waals surface area contributed by atoms with E-state index in [2.05, 4.69) is 26.5 Å². The molecule has 0 atom stereocenters. The van der Waals surface area contributed by atoms with E-state index in [-0.39, 0.29) is 24.0 Å². The van der Waals surface area contributed by atoms with Crippen LogP contribution in [0.5, 0.6) is 0 Å². The van der Waals surface area contributed by atoms with E-state index in [1.54, 1.807) is 11.3 Å². The van der Waals surface area contributed by atoms with Crippen LogP contribution in [-0.2, 0) is 6.54 Å². The van der Waals surface area contributed by atoms with E-state index >= 15 is 0 Å². The lowest BCUT2D eigenvalue weighted by atomic mass is 10.4. The lowest BCUT2D eigenvalue weighted by Crippen LogP contribution is -2.37. The number of aryl methyl sites for hydroxylation is 1. The van der Waals surface area contributed by atoms with Crippen LogP contribution in [0.4, 0.5) is 0 Å². The molecule has 0 saturated heterocycles. The molecule has 0 amide bonds. The molecule has 0 aliphatic carbocycles. The number of aliphatic imine (C=N–C) groups is 1. The molecular formula is C11H17IN4S. The summed E-state index contributed by atoms with van der Waals surface area (Å²) in [5.41, 5.74) is 2.88. The minimum absolute atomic E-state index is 0. The number of hydrogen-bond donors (Lipinski definition) is 2. The minimum atomic E-state index is 0. The molecule has 0 saturated carbocycles. The predicted octanol–water partition coefficient (Wildman–Crippen LogP) is 1.76. The molecule has 94 valence electrons. The van der Waals surface area contributed by atoms with E-state index in [1.165, 1.54) is 4.88 Å². The summed E-state index contributed by atoms with van der Waals surface area (Å²) in [5.74, 6) is 3.26. The normalized spacial score (nSPS) is 10.3. The van der Waals surface area contributed by atoms with Gasteiger partial charge in [0.15, 0.2) is 5.96 Å². The van der Waals surface area contributed by atoms with Gasteiger partial charge >= 0.3 is 0 Å². The van der Waals surface area contributed by atoms with E-state index in [0.717, 1.165) is 18.2 Å². The van der Waals surface area contributed by atoms with Crippen molar-refractivity contribution in [3.63, 3.8) is 0 Å². The molecule has 0 bridgehead atoms. The van der Waals surface area contributed by atoms with Crippen molar-refractivity contribution in [1.82, 2.24) is 15.6 Å². The molecule has 0 aromatic carbocycles. The Morgan fingerprint density at radius 1 is 1.59 bits per heavy atom. The maximum atomic E-state index is 5.18. The molecule has 4 nitrogen and oxygen atoms in total. The number of thiazole rings is 1. The van der Waals surface area contributed by atoms with Gasteiger partial charge in [-0.05, 0) is 13.8 Å². The first-order chi connectivity index (χ1) is 7.77. The highest BCUT2D eigenvalue weighted by molar-refractivity contribution is 14.0. The number of nitrogens with zero attached hydrogens (tertiary/aromatic N) is 2. The highest BCUT2D eigenvalue weighted by atomic mass is 127. The van der Waals surface area contributed by atoms with Crippen molar-refractivity contribution in [1.29, 1.82) is 0 Å². The van der Waals surface area contributed by atoms with Crippen molar-refractivity contribution < 1.29 is 0 Å². The van der Waals surface area contributed by atoms with Gasteiger partial charge in [-0.15, -0.1) is 41.7 Å². The Morgan fingerprint density at radius 3 is 2.88 bits per heavy atom. The fraction of sp³-hybridized carbons (Fsp3) is 0.455. The van der Waals surface area contributed by atoms with Crippen molar-refractivity contribution in [3.8, 4) is 12.3 Å². The summed E-state index contributed by atoms with van der Waals surface area (Å²) in [6.45, 7) is 5.94. The highest BCUT2D eigenvalue weighted by Gasteiger charge is 2.01. The molecule has 0 spiro atoms. The van der Waals surface area contributed by atoms with Crippen molar-refractivity contribution >= 4 is 41.3 Å². The van der Waals surface area contributed by atoms with Crippen molar-refractivity contribution in [2.45, 2.75) is 20.4 Å². The Morgan fingerprint density at radius 2 is 2.35 bits per heavy atom. The smallest absolute Gasteiger partial charge is 0.192 e. The second-order valence-electron chi connectivity index (χ2n) is 3.11. The zero-order chi connectivity index (χ0) is 11.8. The SMILES string of the molecule is C#CCNC(=NCc1scnc1C)NCC.I. The highest BCUT2D eigenvalue weighted by Crippen LogP contribution is 2.12. The van der Waals surface area contributed by atoms with Gasteiger partial charge < -0.3 is 10.6 Å². The molecule has 1 aromatic rings. The van der Waals surface area contributed by atoms with Crippen LogP contribution in [0.2, 0.25) is 0 Å². The Hall–Kier alpha value is -0.810. The lowest BCUT2D eigenvalue weighted by Gasteiger charge is -2.08. The molecule has 1 aromatic heterocycles. The Labute approximate surface area is 123 Å². The number of terminal acetylenes is 1. The van der Waals surface area contributed by atoms with Crippen LogP contribution in [-0.4, -0.2) is 24.0 Å². The van der Waals surface area contributed by atoms with Crippen LogP contribution in [0.25, 0.3) is 0 Å². The number of nitrogens with one attached hydrogen (secondary N) is 2. The van der Waals surface area contributed by atoms with Gasteiger partial charge in [-0.3, -0.25) is 0 Å².